The van der Waals surface area contributed by atoms with Gasteiger partial charge in [0.25, 0.3) is 0 Å². The van der Waals surface area contributed by atoms with Crippen molar-refractivity contribution in [3.63, 3.8) is 0 Å². The highest BCUT2D eigenvalue weighted by molar-refractivity contribution is 4.83. The first-order valence-electron chi connectivity index (χ1n) is 8.85. The van der Waals surface area contributed by atoms with Crippen LogP contribution >= 0.6 is 0 Å². The van der Waals surface area contributed by atoms with Crippen LogP contribution in [0, 0.1) is 35.0 Å². The van der Waals surface area contributed by atoms with Crippen molar-refractivity contribution in [2.45, 2.75) is 94.4 Å². The molecule has 0 saturated heterocycles. The molecule has 3 unspecified atom stereocenters. The van der Waals surface area contributed by atoms with Crippen LogP contribution in [0.15, 0.2) is 0 Å². The van der Waals surface area contributed by atoms with Crippen LogP contribution in [0.1, 0.15) is 94.4 Å². The highest BCUT2D eigenvalue weighted by atomic mass is 14.3. The molecule has 0 aliphatic rings. The second-order valence-electron chi connectivity index (χ2n) is 8.78. The minimum absolute atomic E-state index is 0.494. The molecule has 0 spiro atoms. The molecule has 0 amide bonds. The van der Waals surface area contributed by atoms with E-state index in [9.17, 15) is 0 Å². The summed E-state index contributed by atoms with van der Waals surface area (Å²) in [4.78, 5) is 0. The Labute approximate surface area is 130 Å². The Morgan fingerprint density at radius 3 is 1.90 bits per heavy atom. The number of rotatable bonds is 10. The van der Waals surface area contributed by atoms with Gasteiger partial charge in [-0.25, -0.2) is 0 Å². The highest BCUT2D eigenvalue weighted by Gasteiger charge is 2.28. The average Bonchev–Trinajstić information content (AvgIpc) is 2.26. The first-order chi connectivity index (χ1) is 9.06. The topological polar surface area (TPSA) is 0 Å². The number of hydrogen-bond donors (Lipinski definition) is 0. The lowest BCUT2D eigenvalue weighted by Crippen LogP contribution is -2.25. The Morgan fingerprint density at radius 1 is 0.900 bits per heavy atom. The Hall–Kier alpha value is 0. The zero-order valence-electron chi connectivity index (χ0n) is 15.8. The van der Waals surface area contributed by atoms with Gasteiger partial charge in [-0.1, -0.05) is 75.2 Å². The van der Waals surface area contributed by atoms with Crippen LogP contribution in [0.25, 0.3) is 0 Å². The van der Waals surface area contributed by atoms with E-state index < -0.39 is 0 Å². The molecular formula is C20H41. The van der Waals surface area contributed by atoms with Gasteiger partial charge in [0.2, 0.25) is 0 Å². The molecular weight excluding hydrogens is 240 g/mol. The summed E-state index contributed by atoms with van der Waals surface area (Å²) in [6.45, 7) is 21.5. The maximum absolute atomic E-state index is 2.48. The van der Waals surface area contributed by atoms with Gasteiger partial charge in [-0.15, -0.1) is 0 Å². The van der Waals surface area contributed by atoms with Crippen LogP contribution in [0.2, 0.25) is 0 Å². The molecule has 0 aliphatic carbocycles. The van der Waals surface area contributed by atoms with Gasteiger partial charge in [0.05, 0.1) is 0 Å². The predicted molar refractivity (Wildman–Crippen MR) is 93.8 cm³/mol. The third-order valence-corrected chi connectivity index (χ3v) is 5.36. The molecule has 0 aromatic heterocycles. The molecule has 0 bridgehead atoms. The second kappa shape index (κ2) is 9.11. The summed E-state index contributed by atoms with van der Waals surface area (Å²) in [5.74, 6) is 4.92. The van der Waals surface area contributed by atoms with Crippen molar-refractivity contribution < 1.29 is 0 Å². The lowest BCUT2D eigenvalue weighted by atomic mass is 9.70. The molecule has 0 aliphatic heterocycles. The van der Waals surface area contributed by atoms with Gasteiger partial charge in [-0.05, 0) is 54.3 Å². The minimum Gasteiger partial charge on any atom is -0.0628 e. The molecule has 0 saturated carbocycles. The first kappa shape index (κ1) is 20.0. The predicted octanol–water partition coefficient (Wildman–Crippen LogP) is 7.14. The van der Waals surface area contributed by atoms with Crippen molar-refractivity contribution in [2.75, 3.05) is 0 Å². The normalized spacial score (nSPS) is 17.6. The van der Waals surface area contributed by atoms with E-state index in [1.165, 1.54) is 32.1 Å². The van der Waals surface area contributed by atoms with Gasteiger partial charge in [0.15, 0.2) is 0 Å². The molecule has 0 nitrogen and oxygen atoms in total. The van der Waals surface area contributed by atoms with Gasteiger partial charge < -0.3 is 0 Å². The van der Waals surface area contributed by atoms with Gasteiger partial charge in [0, 0.05) is 0 Å². The van der Waals surface area contributed by atoms with Gasteiger partial charge in [0.1, 0.15) is 0 Å². The Morgan fingerprint density at radius 2 is 1.45 bits per heavy atom. The van der Waals surface area contributed by atoms with Crippen LogP contribution in [0.5, 0.6) is 0 Å². The van der Waals surface area contributed by atoms with E-state index in [0.29, 0.717) is 5.41 Å². The monoisotopic (exact) mass is 281 g/mol. The zero-order chi connectivity index (χ0) is 15.9. The second-order valence-corrected chi connectivity index (χ2v) is 8.78. The summed E-state index contributed by atoms with van der Waals surface area (Å²) in [6, 6.07) is 0. The van der Waals surface area contributed by atoms with Crippen LogP contribution in [-0.4, -0.2) is 0 Å². The molecule has 20 heavy (non-hydrogen) atoms. The Bertz CT molecular complexity index is 236. The lowest BCUT2D eigenvalue weighted by Gasteiger charge is -2.35. The van der Waals surface area contributed by atoms with Crippen molar-refractivity contribution in [1.29, 1.82) is 0 Å². The fraction of sp³-hybridized carbons (Fsp3) is 0.950. The molecule has 0 fully saturated rings. The summed E-state index contributed by atoms with van der Waals surface area (Å²) in [5, 5.41) is 0. The summed E-state index contributed by atoms with van der Waals surface area (Å²) < 4.78 is 0. The zero-order valence-corrected chi connectivity index (χ0v) is 15.8. The van der Waals surface area contributed by atoms with E-state index in [-0.39, 0.29) is 0 Å². The smallest absolute Gasteiger partial charge is 0.0300 e. The highest BCUT2D eigenvalue weighted by Crippen LogP contribution is 2.38. The standard InChI is InChI=1S/C20H41/c1-15(2)11-10-12-20(8,9)19(7)14-18(6)17(5)13-16(3)4/h15,17-19H,10-14H2,1-9H3. The van der Waals surface area contributed by atoms with Crippen molar-refractivity contribution in [3.05, 3.63) is 5.92 Å². The average molecular weight is 282 g/mol. The third-order valence-electron chi connectivity index (χ3n) is 5.36. The quantitative estimate of drug-likeness (QED) is 0.399. The molecule has 0 rings (SSSR count). The van der Waals surface area contributed by atoms with Crippen molar-refractivity contribution in [1.82, 2.24) is 0 Å². The molecule has 3 atom stereocenters. The van der Waals surface area contributed by atoms with E-state index in [1.807, 2.05) is 0 Å². The molecule has 1 radical (unpaired) electrons. The largest absolute Gasteiger partial charge is 0.0628 e. The van der Waals surface area contributed by atoms with Gasteiger partial charge >= 0.3 is 0 Å². The summed E-state index contributed by atoms with van der Waals surface area (Å²) in [7, 11) is 0. The van der Waals surface area contributed by atoms with Crippen LogP contribution in [0.4, 0.5) is 0 Å². The summed E-state index contributed by atoms with van der Waals surface area (Å²) >= 11 is 0. The van der Waals surface area contributed by atoms with Crippen LogP contribution < -0.4 is 0 Å². The maximum atomic E-state index is 2.48. The molecule has 0 heterocycles. The van der Waals surface area contributed by atoms with Gasteiger partial charge in [-0.2, -0.15) is 0 Å². The van der Waals surface area contributed by atoms with E-state index in [1.54, 1.807) is 5.92 Å². The minimum atomic E-state index is 0.494. The molecule has 0 heteroatoms. The van der Waals surface area contributed by atoms with E-state index in [2.05, 4.69) is 62.3 Å². The fourth-order valence-corrected chi connectivity index (χ4v) is 3.17. The molecule has 0 aromatic rings. The Kier molecular flexibility index (Phi) is 9.11. The first-order valence-corrected chi connectivity index (χ1v) is 8.85. The lowest BCUT2D eigenvalue weighted by molar-refractivity contribution is 0.156. The van der Waals surface area contributed by atoms with Crippen LogP contribution in [-0.2, 0) is 0 Å². The van der Waals surface area contributed by atoms with Crippen molar-refractivity contribution >= 4 is 0 Å². The summed E-state index contributed by atoms with van der Waals surface area (Å²) in [5.41, 5.74) is 0.494. The van der Waals surface area contributed by atoms with Crippen molar-refractivity contribution in [2.24, 2.45) is 29.1 Å². The summed E-state index contributed by atoms with van der Waals surface area (Å²) in [6.07, 6.45) is 6.82. The van der Waals surface area contributed by atoms with E-state index in [4.69, 9.17) is 0 Å². The van der Waals surface area contributed by atoms with Gasteiger partial charge in [-0.3, -0.25) is 0 Å². The van der Waals surface area contributed by atoms with Crippen molar-refractivity contribution in [3.8, 4) is 0 Å². The molecule has 0 N–H and O–H groups in total. The molecule has 121 valence electrons. The number of hydrogen-bond acceptors (Lipinski definition) is 0. The molecule has 0 aromatic carbocycles. The SMILES string of the molecule is C[C](C)CC(C)C(C)CC(C)C(C)(C)CCCC(C)C. The van der Waals surface area contributed by atoms with E-state index in [0.717, 1.165) is 23.7 Å². The maximum Gasteiger partial charge on any atom is -0.0300 e. The Balaban J connectivity index is 4.24. The third kappa shape index (κ3) is 8.32. The fourth-order valence-electron chi connectivity index (χ4n) is 3.17. The van der Waals surface area contributed by atoms with Crippen LogP contribution in [0.3, 0.4) is 0 Å². The van der Waals surface area contributed by atoms with E-state index >= 15 is 0 Å².